The van der Waals surface area contributed by atoms with Crippen molar-refractivity contribution in [3.05, 3.63) is 24.3 Å². The number of piperazine rings is 1. The van der Waals surface area contributed by atoms with Crippen LogP contribution in [-0.2, 0) is 10.0 Å². The normalized spacial score (nSPS) is 20.4. The average molecular weight is 297 g/mol. The topological polar surface area (TPSA) is 61.4 Å². The predicted molar refractivity (Wildman–Crippen MR) is 81.6 cm³/mol. The average Bonchev–Trinajstić information content (AvgIpc) is 2.37. The first-order valence-corrected chi connectivity index (χ1v) is 8.47. The van der Waals surface area contributed by atoms with E-state index < -0.39 is 10.0 Å². The lowest BCUT2D eigenvalue weighted by Gasteiger charge is -2.33. The van der Waals surface area contributed by atoms with Crippen molar-refractivity contribution in [2.75, 3.05) is 24.5 Å². The van der Waals surface area contributed by atoms with Crippen LogP contribution in [0.3, 0.4) is 0 Å². The molecule has 1 aromatic carbocycles. The molecule has 1 aromatic rings. The van der Waals surface area contributed by atoms with Crippen LogP contribution in [-0.4, -0.2) is 40.1 Å². The highest BCUT2D eigenvalue weighted by atomic mass is 32.2. The molecule has 0 amide bonds. The van der Waals surface area contributed by atoms with Gasteiger partial charge in [-0.25, -0.2) is 13.1 Å². The Balaban J connectivity index is 2.14. The van der Waals surface area contributed by atoms with Gasteiger partial charge in [0, 0.05) is 37.4 Å². The summed E-state index contributed by atoms with van der Waals surface area (Å²) < 4.78 is 26.7. The molecule has 112 valence electrons. The zero-order valence-corrected chi connectivity index (χ0v) is 13.1. The maximum absolute atomic E-state index is 12.0. The van der Waals surface area contributed by atoms with Gasteiger partial charge in [0.2, 0.25) is 10.0 Å². The van der Waals surface area contributed by atoms with Crippen molar-refractivity contribution in [1.29, 1.82) is 0 Å². The summed E-state index contributed by atoms with van der Waals surface area (Å²) in [5, 5.41) is 3.39. The molecule has 0 unspecified atom stereocenters. The van der Waals surface area contributed by atoms with E-state index in [0.717, 1.165) is 25.3 Å². The molecular weight excluding hydrogens is 274 g/mol. The Kier molecular flexibility index (Phi) is 4.67. The van der Waals surface area contributed by atoms with E-state index in [4.69, 9.17) is 0 Å². The Morgan fingerprint density at radius 2 is 1.95 bits per heavy atom. The molecule has 20 heavy (non-hydrogen) atoms. The summed E-state index contributed by atoms with van der Waals surface area (Å²) in [5.74, 6) is 0. The molecule has 0 radical (unpaired) electrons. The molecule has 0 aliphatic carbocycles. The molecule has 0 spiro atoms. The number of rotatable bonds is 4. The van der Waals surface area contributed by atoms with Gasteiger partial charge < -0.3 is 10.2 Å². The SMILES string of the molecule is CC(C)NS(=O)(=O)c1ccc(N2CCN[C@H](C)C2)cc1. The Morgan fingerprint density at radius 3 is 2.50 bits per heavy atom. The van der Waals surface area contributed by atoms with Crippen LogP contribution in [0.1, 0.15) is 20.8 Å². The van der Waals surface area contributed by atoms with Gasteiger partial charge in [-0.2, -0.15) is 0 Å². The van der Waals surface area contributed by atoms with Crippen LogP contribution < -0.4 is 14.9 Å². The van der Waals surface area contributed by atoms with Gasteiger partial charge in [-0.3, -0.25) is 0 Å². The first-order chi connectivity index (χ1) is 9.38. The molecule has 6 heteroatoms. The van der Waals surface area contributed by atoms with E-state index in [2.05, 4.69) is 21.9 Å². The van der Waals surface area contributed by atoms with Crippen LogP contribution in [0.5, 0.6) is 0 Å². The molecule has 1 saturated heterocycles. The molecule has 1 fully saturated rings. The minimum atomic E-state index is -3.40. The van der Waals surface area contributed by atoms with Gasteiger partial charge >= 0.3 is 0 Å². The zero-order valence-electron chi connectivity index (χ0n) is 12.3. The van der Waals surface area contributed by atoms with Gasteiger partial charge in [0.25, 0.3) is 0 Å². The number of hydrogen-bond donors (Lipinski definition) is 2. The third kappa shape index (κ3) is 3.71. The molecule has 1 aliphatic heterocycles. The Morgan fingerprint density at radius 1 is 1.30 bits per heavy atom. The first-order valence-electron chi connectivity index (χ1n) is 6.99. The van der Waals surface area contributed by atoms with Crippen LogP contribution in [0.25, 0.3) is 0 Å². The second-order valence-electron chi connectivity index (χ2n) is 5.57. The third-order valence-electron chi connectivity index (χ3n) is 3.27. The Hall–Kier alpha value is -1.11. The highest BCUT2D eigenvalue weighted by molar-refractivity contribution is 7.89. The van der Waals surface area contributed by atoms with Crippen molar-refractivity contribution in [2.24, 2.45) is 0 Å². The maximum atomic E-state index is 12.0. The Labute approximate surface area is 121 Å². The molecule has 5 nitrogen and oxygen atoms in total. The van der Waals surface area contributed by atoms with Crippen LogP contribution in [0.2, 0.25) is 0 Å². The number of hydrogen-bond acceptors (Lipinski definition) is 4. The highest BCUT2D eigenvalue weighted by Gasteiger charge is 2.18. The molecule has 1 atom stereocenters. The molecule has 0 bridgehead atoms. The van der Waals surface area contributed by atoms with Crippen LogP contribution >= 0.6 is 0 Å². The predicted octanol–water partition coefficient (Wildman–Crippen LogP) is 1.17. The van der Waals surface area contributed by atoms with Gasteiger partial charge in [0.1, 0.15) is 0 Å². The summed E-state index contributed by atoms with van der Waals surface area (Å²) in [7, 11) is -3.40. The third-order valence-corrected chi connectivity index (χ3v) is 4.95. The summed E-state index contributed by atoms with van der Waals surface area (Å²) in [6.07, 6.45) is 0. The van der Waals surface area contributed by atoms with Crippen molar-refractivity contribution in [3.63, 3.8) is 0 Å². The fraction of sp³-hybridized carbons (Fsp3) is 0.571. The molecule has 1 aliphatic rings. The van der Waals surface area contributed by atoms with E-state index >= 15 is 0 Å². The van der Waals surface area contributed by atoms with Gasteiger partial charge in [-0.05, 0) is 45.0 Å². The largest absolute Gasteiger partial charge is 0.369 e. The smallest absolute Gasteiger partial charge is 0.240 e. The molecule has 2 N–H and O–H groups in total. The van der Waals surface area contributed by atoms with E-state index in [0.29, 0.717) is 10.9 Å². The number of anilines is 1. The lowest BCUT2D eigenvalue weighted by Crippen LogP contribution is -2.49. The number of sulfonamides is 1. The van der Waals surface area contributed by atoms with Crippen molar-refractivity contribution in [3.8, 4) is 0 Å². The molecule has 2 rings (SSSR count). The minimum Gasteiger partial charge on any atom is -0.369 e. The molecule has 1 heterocycles. The summed E-state index contributed by atoms with van der Waals surface area (Å²) in [6.45, 7) is 8.62. The van der Waals surface area contributed by atoms with Gasteiger partial charge in [0.15, 0.2) is 0 Å². The van der Waals surface area contributed by atoms with Crippen LogP contribution in [0, 0.1) is 0 Å². The summed E-state index contributed by atoms with van der Waals surface area (Å²) in [4.78, 5) is 2.59. The molecule has 0 aromatic heterocycles. The van der Waals surface area contributed by atoms with Gasteiger partial charge in [-0.15, -0.1) is 0 Å². The maximum Gasteiger partial charge on any atom is 0.240 e. The van der Waals surface area contributed by atoms with Crippen molar-refractivity contribution < 1.29 is 8.42 Å². The lowest BCUT2D eigenvalue weighted by molar-refractivity contribution is 0.485. The summed E-state index contributed by atoms with van der Waals surface area (Å²) in [6, 6.07) is 7.46. The van der Waals surface area contributed by atoms with Gasteiger partial charge in [0.05, 0.1) is 4.90 Å². The Bertz CT molecular complexity index is 540. The fourth-order valence-corrected chi connectivity index (χ4v) is 3.63. The highest BCUT2D eigenvalue weighted by Crippen LogP contribution is 2.19. The van der Waals surface area contributed by atoms with Crippen LogP contribution in [0.4, 0.5) is 5.69 Å². The molecule has 0 saturated carbocycles. The fourth-order valence-electron chi connectivity index (χ4n) is 2.38. The first kappa shape index (κ1) is 15.3. The van der Waals surface area contributed by atoms with Crippen molar-refractivity contribution >= 4 is 15.7 Å². The van der Waals surface area contributed by atoms with Crippen molar-refractivity contribution in [1.82, 2.24) is 10.0 Å². The van der Waals surface area contributed by atoms with E-state index in [1.807, 2.05) is 26.0 Å². The van der Waals surface area contributed by atoms with E-state index in [-0.39, 0.29) is 6.04 Å². The summed E-state index contributed by atoms with van der Waals surface area (Å²) >= 11 is 0. The number of nitrogens with zero attached hydrogens (tertiary/aromatic N) is 1. The minimum absolute atomic E-state index is 0.103. The zero-order chi connectivity index (χ0) is 14.8. The quantitative estimate of drug-likeness (QED) is 0.876. The van der Waals surface area contributed by atoms with Crippen LogP contribution in [0.15, 0.2) is 29.2 Å². The summed E-state index contributed by atoms with van der Waals surface area (Å²) in [5.41, 5.74) is 1.07. The molecular formula is C14H23N3O2S. The van der Waals surface area contributed by atoms with Crippen molar-refractivity contribution in [2.45, 2.75) is 37.8 Å². The van der Waals surface area contributed by atoms with E-state index in [9.17, 15) is 8.42 Å². The van der Waals surface area contributed by atoms with E-state index in [1.54, 1.807) is 12.1 Å². The van der Waals surface area contributed by atoms with Gasteiger partial charge in [-0.1, -0.05) is 0 Å². The van der Waals surface area contributed by atoms with E-state index in [1.165, 1.54) is 0 Å². The lowest BCUT2D eigenvalue weighted by atomic mass is 10.2. The second-order valence-corrected chi connectivity index (χ2v) is 7.29. The monoisotopic (exact) mass is 297 g/mol. The number of benzene rings is 1. The standard InChI is InChI=1S/C14H23N3O2S/c1-11(2)16-20(18,19)14-6-4-13(5-7-14)17-9-8-15-12(3)10-17/h4-7,11-12,15-16H,8-10H2,1-3H3/t12-/m1/s1. The number of nitrogens with one attached hydrogen (secondary N) is 2. The second kappa shape index (κ2) is 6.11.